The van der Waals surface area contributed by atoms with E-state index in [1.54, 1.807) is 30.3 Å². The number of nitrogens with zero attached hydrogens (tertiary/aromatic N) is 1. The first-order valence-electron chi connectivity index (χ1n) is 7.14. The van der Waals surface area contributed by atoms with Gasteiger partial charge in [-0.15, -0.1) is 5.23 Å². The summed E-state index contributed by atoms with van der Waals surface area (Å²) in [5.41, 5.74) is -0.0267. The Morgan fingerprint density at radius 3 is 2.20 bits per heavy atom. The van der Waals surface area contributed by atoms with E-state index in [0.717, 1.165) is 5.23 Å². The molecule has 0 aliphatic heterocycles. The number of anilines is 1. The van der Waals surface area contributed by atoms with Crippen molar-refractivity contribution in [3.05, 3.63) is 64.2 Å². The Balaban J connectivity index is 2.67. The highest BCUT2D eigenvalue weighted by atomic mass is 35.5. The van der Waals surface area contributed by atoms with E-state index in [1.807, 2.05) is 0 Å². The fourth-order valence-corrected chi connectivity index (χ4v) is 2.63. The van der Waals surface area contributed by atoms with Crippen molar-refractivity contribution in [2.24, 2.45) is 0 Å². The maximum Gasteiger partial charge on any atom is 0.454 e. The van der Waals surface area contributed by atoms with Gasteiger partial charge in [0.25, 0.3) is 5.78 Å². The van der Waals surface area contributed by atoms with Crippen molar-refractivity contribution in [1.29, 1.82) is 0 Å². The van der Waals surface area contributed by atoms with Gasteiger partial charge in [-0.3, -0.25) is 14.5 Å². The van der Waals surface area contributed by atoms with Crippen LogP contribution < -0.4 is 5.23 Å². The maximum absolute atomic E-state index is 13.1. The molecule has 0 saturated heterocycles. The van der Waals surface area contributed by atoms with Crippen LogP contribution in [-0.2, 0) is 16.1 Å². The van der Waals surface area contributed by atoms with Crippen LogP contribution in [0.15, 0.2) is 42.5 Å². The van der Waals surface area contributed by atoms with Gasteiger partial charge in [-0.25, -0.2) is 0 Å². The van der Waals surface area contributed by atoms with Crippen LogP contribution in [0.1, 0.15) is 21.5 Å². The lowest BCUT2D eigenvalue weighted by atomic mass is 9.95. The van der Waals surface area contributed by atoms with Crippen LogP contribution in [-0.4, -0.2) is 26.2 Å². The summed E-state index contributed by atoms with van der Waals surface area (Å²) in [5, 5.41) is 0.774. The van der Waals surface area contributed by atoms with Crippen molar-refractivity contribution in [3.63, 3.8) is 0 Å². The average Bonchev–Trinajstić information content (AvgIpc) is 2.58. The maximum atomic E-state index is 13.1. The highest BCUT2D eigenvalue weighted by Crippen LogP contribution is 2.36. The Bertz CT molecular complexity index is 747. The van der Waals surface area contributed by atoms with Crippen LogP contribution >= 0.6 is 11.6 Å². The number of benzene rings is 2. The molecule has 134 valence electrons. The van der Waals surface area contributed by atoms with Crippen molar-refractivity contribution < 1.29 is 27.6 Å². The van der Waals surface area contributed by atoms with Gasteiger partial charge in [0, 0.05) is 5.02 Å². The molecular formula is C17H15ClF3NO3. The van der Waals surface area contributed by atoms with Crippen LogP contribution in [0.5, 0.6) is 0 Å². The molecule has 0 bridgehead atoms. The second-order valence-electron chi connectivity index (χ2n) is 5.03. The molecular weight excluding hydrogens is 359 g/mol. The number of Topliss-reactive ketones (excluding diaryl/α,β-unsaturated/α-hetero) is 1. The third-order valence-corrected chi connectivity index (χ3v) is 3.82. The zero-order chi connectivity index (χ0) is 18.6. The van der Waals surface area contributed by atoms with Gasteiger partial charge >= 0.3 is 6.18 Å². The molecule has 0 spiro atoms. The Hall–Kier alpha value is -2.09. The molecule has 0 aromatic heterocycles. The number of alkyl halides is 3. The topological polar surface area (TPSA) is 38.8 Å². The van der Waals surface area contributed by atoms with Gasteiger partial charge in [-0.05, 0) is 29.7 Å². The van der Waals surface area contributed by atoms with E-state index in [0.29, 0.717) is 5.56 Å². The smallest absolute Gasteiger partial charge is 0.284 e. The normalized spacial score (nSPS) is 11.4. The first-order valence-corrected chi connectivity index (χ1v) is 7.52. The molecule has 0 heterocycles. The highest BCUT2D eigenvalue weighted by molar-refractivity contribution is 6.32. The Morgan fingerprint density at radius 1 is 1.08 bits per heavy atom. The van der Waals surface area contributed by atoms with Crippen molar-refractivity contribution in [2.75, 3.05) is 19.4 Å². The summed E-state index contributed by atoms with van der Waals surface area (Å²) >= 11 is 6.12. The summed E-state index contributed by atoms with van der Waals surface area (Å²) in [4.78, 5) is 21.8. The number of carbonyl (C=O) groups is 1. The SMILES string of the molecule is CON(OC)c1ccc(Cl)c(Cc2ccccc2)c1C(=O)C(F)(F)F. The molecule has 0 saturated carbocycles. The quantitative estimate of drug-likeness (QED) is 0.547. The fraction of sp³-hybridized carbons (Fsp3) is 0.235. The van der Waals surface area contributed by atoms with Crippen LogP contribution in [0.4, 0.5) is 18.9 Å². The second-order valence-corrected chi connectivity index (χ2v) is 5.44. The van der Waals surface area contributed by atoms with Crippen LogP contribution in [0.25, 0.3) is 0 Å². The van der Waals surface area contributed by atoms with E-state index in [2.05, 4.69) is 0 Å². The molecule has 0 amide bonds. The van der Waals surface area contributed by atoms with Gasteiger partial charge in [0.2, 0.25) is 0 Å². The van der Waals surface area contributed by atoms with E-state index in [9.17, 15) is 18.0 Å². The van der Waals surface area contributed by atoms with Crippen molar-refractivity contribution in [2.45, 2.75) is 12.6 Å². The predicted molar refractivity (Wildman–Crippen MR) is 87.6 cm³/mol. The molecule has 0 radical (unpaired) electrons. The van der Waals surface area contributed by atoms with Gasteiger partial charge in [0.05, 0.1) is 19.8 Å². The predicted octanol–water partition coefficient (Wildman–Crippen LogP) is 4.61. The molecule has 0 aliphatic rings. The van der Waals surface area contributed by atoms with Gasteiger partial charge in [-0.2, -0.15) is 13.2 Å². The van der Waals surface area contributed by atoms with Crippen LogP contribution in [0.2, 0.25) is 5.02 Å². The molecule has 25 heavy (non-hydrogen) atoms. The molecule has 0 N–H and O–H groups in total. The third kappa shape index (κ3) is 4.31. The number of hydrogen-bond donors (Lipinski definition) is 0. The van der Waals surface area contributed by atoms with Crippen LogP contribution in [0, 0.1) is 0 Å². The van der Waals surface area contributed by atoms with E-state index in [-0.39, 0.29) is 22.7 Å². The van der Waals surface area contributed by atoms with Gasteiger partial charge in [0.15, 0.2) is 0 Å². The number of hydrogen-bond acceptors (Lipinski definition) is 4. The number of ketones is 1. The average molecular weight is 374 g/mol. The monoisotopic (exact) mass is 373 g/mol. The molecule has 8 heteroatoms. The minimum Gasteiger partial charge on any atom is -0.284 e. The van der Waals surface area contributed by atoms with Gasteiger partial charge in [0.1, 0.15) is 5.69 Å². The van der Waals surface area contributed by atoms with Crippen molar-refractivity contribution >= 4 is 23.1 Å². The Labute approximate surface area is 147 Å². The third-order valence-electron chi connectivity index (χ3n) is 3.47. The van der Waals surface area contributed by atoms with E-state index in [1.165, 1.54) is 26.4 Å². The molecule has 4 nitrogen and oxygen atoms in total. The largest absolute Gasteiger partial charge is 0.454 e. The molecule has 0 fully saturated rings. The molecule has 2 aromatic carbocycles. The zero-order valence-corrected chi connectivity index (χ0v) is 14.2. The second kappa shape index (κ2) is 7.86. The Morgan fingerprint density at radius 2 is 1.68 bits per heavy atom. The first kappa shape index (κ1) is 19.2. The number of rotatable bonds is 6. The van der Waals surface area contributed by atoms with Crippen LogP contribution in [0.3, 0.4) is 0 Å². The highest BCUT2D eigenvalue weighted by Gasteiger charge is 2.43. The lowest BCUT2D eigenvalue weighted by molar-refractivity contribution is -0.0889. The van der Waals surface area contributed by atoms with Crippen molar-refractivity contribution in [1.82, 2.24) is 0 Å². The molecule has 0 unspecified atom stereocenters. The zero-order valence-electron chi connectivity index (χ0n) is 13.4. The standard InChI is InChI=1S/C17H15ClF3NO3/c1-24-22(25-2)14-9-8-13(18)12(10-11-6-4-3-5-7-11)15(14)16(23)17(19,20)21/h3-9H,10H2,1-2H3. The molecule has 2 rings (SSSR count). The summed E-state index contributed by atoms with van der Waals surface area (Å²) < 4.78 is 39.4. The molecule has 0 atom stereocenters. The lowest BCUT2D eigenvalue weighted by Gasteiger charge is -2.23. The number of carbonyl (C=O) groups excluding carboxylic acids is 1. The van der Waals surface area contributed by atoms with E-state index >= 15 is 0 Å². The molecule has 2 aromatic rings. The summed E-state index contributed by atoms with van der Waals surface area (Å²) in [6.45, 7) is 0. The number of halogens is 4. The minimum absolute atomic E-state index is 0.0476. The summed E-state index contributed by atoms with van der Waals surface area (Å²) in [5.74, 6) is -2.02. The fourth-order valence-electron chi connectivity index (χ4n) is 2.40. The summed E-state index contributed by atoms with van der Waals surface area (Å²) in [6, 6.07) is 11.4. The van der Waals surface area contributed by atoms with E-state index in [4.69, 9.17) is 21.3 Å². The summed E-state index contributed by atoms with van der Waals surface area (Å²) in [7, 11) is 2.41. The van der Waals surface area contributed by atoms with Gasteiger partial charge in [-0.1, -0.05) is 41.9 Å². The Kier molecular flexibility index (Phi) is 6.05. The van der Waals surface area contributed by atoms with Crippen molar-refractivity contribution in [3.8, 4) is 0 Å². The lowest BCUT2D eigenvalue weighted by Crippen LogP contribution is -2.29. The first-order chi connectivity index (χ1) is 11.8. The minimum atomic E-state index is -5.07. The molecule has 0 aliphatic carbocycles. The summed E-state index contributed by atoms with van der Waals surface area (Å²) in [6.07, 6.45) is -5.02. The van der Waals surface area contributed by atoms with Gasteiger partial charge < -0.3 is 0 Å². The van der Waals surface area contributed by atoms with E-state index < -0.39 is 17.5 Å².